The molecule has 3 heteroatoms. The molecule has 0 bridgehead atoms. The number of rotatable bonds is 4. The fourth-order valence-corrected chi connectivity index (χ4v) is 8.23. The standard InChI is InChI=1S/C45H30N2S/c1-46-38-19-21-45-43(26-38)40-14-8-9-15-44(40)47(45)39-20-18-34-29-48-28-33-17-16-32(25-41(33)42(34)27-39)37-23-35(30-10-4-2-5-11-30)22-36(24-37)31-12-6-3-7-13-31/h2-27H,28-29H2. The zero-order valence-corrected chi connectivity index (χ0v) is 27.0. The van der Waals surface area contributed by atoms with Crippen LogP contribution in [0.2, 0.25) is 0 Å². The third-order valence-electron chi connectivity index (χ3n) is 9.53. The highest BCUT2D eigenvalue weighted by molar-refractivity contribution is 7.97. The quantitative estimate of drug-likeness (QED) is 0.176. The number of aromatic nitrogens is 1. The largest absolute Gasteiger partial charge is 0.309 e. The van der Waals surface area contributed by atoms with E-state index in [0.717, 1.165) is 33.6 Å². The Morgan fingerprint density at radius 2 is 1.04 bits per heavy atom. The number of hydrogen-bond acceptors (Lipinski definition) is 1. The molecule has 226 valence electrons. The van der Waals surface area contributed by atoms with E-state index in [2.05, 4.69) is 155 Å². The Bertz CT molecular complexity index is 2480. The van der Waals surface area contributed by atoms with Crippen LogP contribution < -0.4 is 0 Å². The molecule has 48 heavy (non-hydrogen) atoms. The highest BCUT2D eigenvalue weighted by Crippen LogP contribution is 2.42. The van der Waals surface area contributed by atoms with Gasteiger partial charge in [0.15, 0.2) is 5.69 Å². The van der Waals surface area contributed by atoms with Crippen LogP contribution in [-0.4, -0.2) is 4.57 Å². The zero-order valence-electron chi connectivity index (χ0n) is 26.2. The van der Waals surface area contributed by atoms with E-state index in [9.17, 15) is 0 Å². The van der Waals surface area contributed by atoms with Crippen LogP contribution in [0.15, 0.2) is 158 Å². The minimum atomic E-state index is 0.664. The van der Waals surface area contributed by atoms with Crippen molar-refractivity contribution in [3.05, 3.63) is 180 Å². The summed E-state index contributed by atoms with van der Waals surface area (Å²) >= 11 is 1.98. The number of benzene rings is 7. The maximum atomic E-state index is 7.60. The third kappa shape index (κ3) is 4.90. The fourth-order valence-electron chi connectivity index (χ4n) is 7.18. The maximum absolute atomic E-state index is 7.60. The first-order valence-corrected chi connectivity index (χ1v) is 17.4. The van der Waals surface area contributed by atoms with Crippen molar-refractivity contribution < 1.29 is 0 Å². The molecule has 2 heterocycles. The van der Waals surface area contributed by atoms with Gasteiger partial charge in [-0.2, -0.15) is 11.8 Å². The molecule has 0 atom stereocenters. The van der Waals surface area contributed by atoms with Crippen LogP contribution in [0.4, 0.5) is 5.69 Å². The average Bonchev–Trinajstić information content (AvgIpc) is 3.37. The molecule has 1 aliphatic rings. The number of thioether (sulfide) groups is 1. The van der Waals surface area contributed by atoms with Gasteiger partial charge in [0, 0.05) is 22.6 Å². The van der Waals surface area contributed by atoms with E-state index in [4.69, 9.17) is 6.57 Å². The number of para-hydroxylation sites is 1. The highest BCUT2D eigenvalue weighted by Gasteiger charge is 2.19. The van der Waals surface area contributed by atoms with Gasteiger partial charge in [0.25, 0.3) is 0 Å². The lowest BCUT2D eigenvalue weighted by Gasteiger charge is -2.16. The molecule has 1 aromatic heterocycles. The number of hydrogen-bond donors (Lipinski definition) is 0. The fraction of sp³-hybridized carbons (Fsp3) is 0.0444. The van der Waals surface area contributed by atoms with Crippen molar-refractivity contribution in [1.29, 1.82) is 0 Å². The minimum Gasteiger partial charge on any atom is -0.309 e. The van der Waals surface area contributed by atoms with Crippen molar-refractivity contribution in [3.63, 3.8) is 0 Å². The van der Waals surface area contributed by atoms with Gasteiger partial charge < -0.3 is 4.57 Å². The Morgan fingerprint density at radius 1 is 0.458 bits per heavy atom. The summed E-state index contributed by atoms with van der Waals surface area (Å²) in [6.45, 7) is 7.60. The van der Waals surface area contributed by atoms with Crippen molar-refractivity contribution in [2.75, 3.05) is 0 Å². The van der Waals surface area contributed by atoms with Crippen LogP contribution in [0.5, 0.6) is 0 Å². The normalized spacial score (nSPS) is 12.3. The van der Waals surface area contributed by atoms with E-state index in [0.29, 0.717) is 5.69 Å². The molecule has 0 unspecified atom stereocenters. The molecule has 0 aliphatic carbocycles. The first kappa shape index (κ1) is 28.4. The topological polar surface area (TPSA) is 9.29 Å². The van der Waals surface area contributed by atoms with Gasteiger partial charge in [0.2, 0.25) is 0 Å². The van der Waals surface area contributed by atoms with Crippen molar-refractivity contribution in [2.45, 2.75) is 11.5 Å². The average molecular weight is 631 g/mol. The Morgan fingerprint density at radius 3 is 1.73 bits per heavy atom. The predicted molar refractivity (Wildman–Crippen MR) is 204 cm³/mol. The summed E-state index contributed by atoms with van der Waals surface area (Å²) in [7, 11) is 0. The Kier molecular flexibility index (Phi) is 6.96. The molecule has 7 aromatic carbocycles. The molecule has 0 amide bonds. The predicted octanol–water partition coefficient (Wildman–Crippen LogP) is 12.7. The van der Waals surface area contributed by atoms with E-state index < -0.39 is 0 Å². The van der Waals surface area contributed by atoms with Crippen molar-refractivity contribution >= 4 is 39.3 Å². The van der Waals surface area contributed by atoms with Gasteiger partial charge in [0.1, 0.15) is 0 Å². The van der Waals surface area contributed by atoms with Gasteiger partial charge in [-0.15, -0.1) is 0 Å². The molecular weight excluding hydrogens is 601 g/mol. The van der Waals surface area contributed by atoms with E-state index in [1.807, 2.05) is 23.9 Å². The second-order valence-electron chi connectivity index (χ2n) is 12.4. The molecule has 0 saturated carbocycles. The summed E-state index contributed by atoms with van der Waals surface area (Å²) in [4.78, 5) is 3.72. The van der Waals surface area contributed by atoms with E-state index in [-0.39, 0.29) is 0 Å². The van der Waals surface area contributed by atoms with Crippen LogP contribution >= 0.6 is 11.8 Å². The van der Waals surface area contributed by atoms with Crippen LogP contribution in [0.3, 0.4) is 0 Å². The molecule has 2 nitrogen and oxygen atoms in total. The molecule has 1 aliphatic heterocycles. The van der Waals surface area contributed by atoms with E-state index >= 15 is 0 Å². The molecule has 0 spiro atoms. The summed E-state index contributed by atoms with van der Waals surface area (Å²) < 4.78 is 2.36. The van der Waals surface area contributed by atoms with Gasteiger partial charge in [0.05, 0.1) is 17.6 Å². The Balaban J connectivity index is 1.23. The van der Waals surface area contributed by atoms with E-state index in [1.165, 1.54) is 61.0 Å². The smallest absolute Gasteiger partial charge is 0.188 e. The molecule has 0 radical (unpaired) electrons. The first-order chi connectivity index (χ1) is 23.7. The molecule has 0 N–H and O–H groups in total. The maximum Gasteiger partial charge on any atom is 0.188 e. The Hall–Kier alpha value is -5.82. The SMILES string of the molecule is [C-]#[N+]c1ccc2c(c1)c1ccccc1n2-c1ccc2c(c1)-c1cc(-c3cc(-c4ccccc4)cc(-c4ccccc4)c3)ccc1CSC2. The van der Waals surface area contributed by atoms with Gasteiger partial charge in [-0.3, -0.25) is 0 Å². The monoisotopic (exact) mass is 630 g/mol. The zero-order chi connectivity index (χ0) is 32.0. The summed E-state index contributed by atoms with van der Waals surface area (Å²) in [5, 5.41) is 2.28. The number of nitrogens with zero attached hydrogens (tertiary/aromatic N) is 2. The van der Waals surface area contributed by atoms with Crippen LogP contribution in [0.1, 0.15) is 11.1 Å². The minimum absolute atomic E-state index is 0.664. The summed E-state index contributed by atoms with van der Waals surface area (Å²) in [6, 6.07) is 56.9. The first-order valence-electron chi connectivity index (χ1n) is 16.2. The van der Waals surface area contributed by atoms with Crippen molar-refractivity contribution in [1.82, 2.24) is 4.57 Å². The molecule has 0 saturated heterocycles. The summed E-state index contributed by atoms with van der Waals surface area (Å²) in [5.74, 6) is 1.95. The van der Waals surface area contributed by atoms with Gasteiger partial charge in [-0.25, -0.2) is 4.85 Å². The lowest BCUT2D eigenvalue weighted by molar-refractivity contribution is 1.17. The van der Waals surface area contributed by atoms with Crippen LogP contribution in [0.25, 0.3) is 76.8 Å². The summed E-state index contributed by atoms with van der Waals surface area (Å²) in [6.07, 6.45) is 0. The highest BCUT2D eigenvalue weighted by atomic mass is 32.2. The van der Waals surface area contributed by atoms with Gasteiger partial charge in [-0.1, -0.05) is 103 Å². The molecule has 0 fully saturated rings. The summed E-state index contributed by atoms with van der Waals surface area (Å²) in [5.41, 5.74) is 16.7. The molecule has 9 rings (SSSR count). The number of fused-ring (bicyclic) bond motifs is 6. The van der Waals surface area contributed by atoms with Crippen molar-refractivity contribution in [2.24, 2.45) is 0 Å². The van der Waals surface area contributed by atoms with Crippen LogP contribution in [0, 0.1) is 6.57 Å². The third-order valence-corrected chi connectivity index (χ3v) is 10.6. The second kappa shape index (κ2) is 11.8. The van der Waals surface area contributed by atoms with Gasteiger partial charge >= 0.3 is 0 Å². The van der Waals surface area contributed by atoms with Crippen LogP contribution in [-0.2, 0) is 11.5 Å². The van der Waals surface area contributed by atoms with Gasteiger partial charge in [-0.05, 0) is 116 Å². The Labute approximate surface area is 284 Å². The second-order valence-corrected chi connectivity index (χ2v) is 13.4. The van der Waals surface area contributed by atoms with E-state index in [1.54, 1.807) is 0 Å². The molecular formula is C45H30N2S. The molecule has 8 aromatic rings. The van der Waals surface area contributed by atoms with Crippen molar-refractivity contribution in [3.8, 4) is 50.2 Å². The lowest BCUT2D eigenvalue weighted by Crippen LogP contribution is -1.97. The lowest BCUT2D eigenvalue weighted by atomic mass is 9.90.